The Bertz CT molecular complexity index is 329. The summed E-state index contributed by atoms with van der Waals surface area (Å²) in [5.41, 5.74) is 0.573. The van der Waals surface area contributed by atoms with Crippen molar-refractivity contribution in [3.8, 4) is 5.88 Å². The molecule has 0 fully saturated rings. The summed E-state index contributed by atoms with van der Waals surface area (Å²) < 4.78 is 6.61. The maximum atomic E-state index is 11.7. The van der Waals surface area contributed by atoms with Crippen molar-refractivity contribution in [2.75, 3.05) is 7.11 Å². The molecule has 0 unspecified atom stereocenters. The van der Waals surface area contributed by atoms with Crippen molar-refractivity contribution >= 4 is 5.78 Å². The molecule has 0 amide bonds. The normalized spacial score (nSPS) is 10.6. The Balaban J connectivity index is 2.88. The van der Waals surface area contributed by atoms with E-state index in [9.17, 15) is 4.79 Å². The van der Waals surface area contributed by atoms with E-state index in [-0.39, 0.29) is 5.78 Å². The Labute approximate surface area is 83.9 Å². The predicted octanol–water partition coefficient (Wildman–Crippen LogP) is 1.66. The van der Waals surface area contributed by atoms with Crippen LogP contribution in [0.4, 0.5) is 0 Å². The van der Waals surface area contributed by atoms with Gasteiger partial charge < -0.3 is 4.74 Å². The van der Waals surface area contributed by atoms with Crippen LogP contribution < -0.4 is 4.74 Å². The van der Waals surface area contributed by atoms with Gasteiger partial charge in [0, 0.05) is 19.7 Å². The van der Waals surface area contributed by atoms with E-state index in [0.29, 0.717) is 23.8 Å². The van der Waals surface area contributed by atoms with Crippen molar-refractivity contribution in [3.63, 3.8) is 0 Å². The molecule has 1 aromatic rings. The van der Waals surface area contributed by atoms with Gasteiger partial charge in [0.05, 0.1) is 12.7 Å². The second kappa shape index (κ2) is 4.26. The van der Waals surface area contributed by atoms with Crippen LogP contribution in [-0.4, -0.2) is 22.7 Å². The lowest BCUT2D eigenvalue weighted by molar-refractivity contribution is 0.0965. The van der Waals surface area contributed by atoms with Crippen LogP contribution >= 0.6 is 0 Å². The average Bonchev–Trinajstić information content (AvgIpc) is 2.45. The van der Waals surface area contributed by atoms with Gasteiger partial charge in [0.25, 0.3) is 0 Å². The lowest BCUT2D eigenvalue weighted by Crippen LogP contribution is -2.04. The number of carbonyl (C=O) groups excluding carboxylic acids is 1. The smallest absolute Gasteiger partial charge is 0.243 e. The van der Waals surface area contributed by atoms with E-state index in [1.54, 1.807) is 17.9 Å². The molecule has 78 valence electrons. The molecular formula is C10H16N2O2. The van der Waals surface area contributed by atoms with Gasteiger partial charge in [0.1, 0.15) is 0 Å². The van der Waals surface area contributed by atoms with Crippen molar-refractivity contribution in [2.45, 2.75) is 20.3 Å². The fraction of sp³-hybridized carbons (Fsp3) is 0.600. The zero-order valence-corrected chi connectivity index (χ0v) is 9.07. The molecule has 4 heteroatoms. The number of methoxy groups -OCH3 is 1. The molecule has 0 aromatic carbocycles. The van der Waals surface area contributed by atoms with Crippen LogP contribution in [0.5, 0.6) is 5.88 Å². The van der Waals surface area contributed by atoms with E-state index in [1.165, 1.54) is 7.11 Å². The highest BCUT2D eigenvalue weighted by Crippen LogP contribution is 2.18. The lowest BCUT2D eigenvalue weighted by atomic mass is 10.0. The molecule has 0 aliphatic carbocycles. The first-order valence-electron chi connectivity index (χ1n) is 4.65. The van der Waals surface area contributed by atoms with E-state index in [2.05, 4.69) is 5.10 Å². The van der Waals surface area contributed by atoms with Gasteiger partial charge in [-0.25, -0.2) is 0 Å². The molecule has 1 rings (SSSR count). The molecule has 0 atom stereocenters. The van der Waals surface area contributed by atoms with Crippen LogP contribution in [0, 0.1) is 5.92 Å². The van der Waals surface area contributed by atoms with Gasteiger partial charge in [0.2, 0.25) is 5.88 Å². The summed E-state index contributed by atoms with van der Waals surface area (Å²) in [6.45, 7) is 4.03. The number of nitrogens with zero attached hydrogens (tertiary/aromatic N) is 2. The molecule has 0 N–H and O–H groups in total. The highest BCUT2D eigenvalue weighted by Gasteiger charge is 2.16. The van der Waals surface area contributed by atoms with Crippen LogP contribution in [-0.2, 0) is 7.05 Å². The van der Waals surface area contributed by atoms with Crippen LogP contribution in [0.15, 0.2) is 6.20 Å². The summed E-state index contributed by atoms with van der Waals surface area (Å²) in [7, 11) is 3.29. The number of hydrogen-bond donors (Lipinski definition) is 0. The maximum absolute atomic E-state index is 11.7. The van der Waals surface area contributed by atoms with Crippen molar-refractivity contribution < 1.29 is 9.53 Å². The molecule has 0 aliphatic rings. The molecule has 0 radical (unpaired) electrons. The zero-order valence-electron chi connectivity index (χ0n) is 9.07. The number of aromatic nitrogens is 2. The molecule has 0 saturated carbocycles. The minimum Gasteiger partial charge on any atom is -0.479 e. The summed E-state index contributed by atoms with van der Waals surface area (Å²) in [5, 5.41) is 4.03. The molecule has 14 heavy (non-hydrogen) atoms. The number of Topliss-reactive ketones (excluding diaryl/α,β-unsaturated/α-hetero) is 1. The van der Waals surface area contributed by atoms with E-state index >= 15 is 0 Å². The van der Waals surface area contributed by atoms with Crippen LogP contribution in [0.3, 0.4) is 0 Å². The van der Waals surface area contributed by atoms with Gasteiger partial charge in [-0.15, -0.1) is 5.10 Å². The Morgan fingerprint density at radius 3 is 2.79 bits per heavy atom. The van der Waals surface area contributed by atoms with Gasteiger partial charge >= 0.3 is 0 Å². The van der Waals surface area contributed by atoms with Crippen LogP contribution in [0.1, 0.15) is 30.6 Å². The fourth-order valence-electron chi connectivity index (χ4n) is 1.29. The third kappa shape index (κ3) is 2.34. The molecular weight excluding hydrogens is 180 g/mol. The summed E-state index contributed by atoms with van der Waals surface area (Å²) in [4.78, 5) is 11.7. The summed E-state index contributed by atoms with van der Waals surface area (Å²) in [5.74, 6) is 0.857. The first-order valence-corrected chi connectivity index (χ1v) is 4.65. The standard InChI is InChI=1S/C10H16N2O2/c1-7(2)5-9(13)8-6-12(3)11-10(8)14-4/h6-7H,5H2,1-4H3. The lowest BCUT2D eigenvalue weighted by Gasteiger charge is -2.02. The number of ether oxygens (including phenoxy) is 1. The average molecular weight is 196 g/mol. The third-order valence-electron chi connectivity index (χ3n) is 1.88. The van der Waals surface area contributed by atoms with Crippen molar-refractivity contribution in [1.29, 1.82) is 0 Å². The van der Waals surface area contributed by atoms with Crippen LogP contribution in [0.25, 0.3) is 0 Å². The molecule has 0 aliphatic heterocycles. The Morgan fingerprint density at radius 1 is 1.64 bits per heavy atom. The summed E-state index contributed by atoms with van der Waals surface area (Å²) >= 11 is 0. The minimum atomic E-state index is 0.0879. The molecule has 0 bridgehead atoms. The minimum absolute atomic E-state index is 0.0879. The third-order valence-corrected chi connectivity index (χ3v) is 1.88. The highest BCUT2D eigenvalue weighted by atomic mass is 16.5. The van der Waals surface area contributed by atoms with Crippen molar-refractivity contribution in [2.24, 2.45) is 13.0 Å². The summed E-state index contributed by atoms with van der Waals surface area (Å²) in [6.07, 6.45) is 2.23. The SMILES string of the molecule is COc1nn(C)cc1C(=O)CC(C)C. The van der Waals surface area contributed by atoms with E-state index in [0.717, 1.165) is 0 Å². The first-order chi connectivity index (χ1) is 6.54. The Hall–Kier alpha value is -1.32. The number of carbonyl (C=O) groups is 1. The van der Waals surface area contributed by atoms with Crippen molar-refractivity contribution in [3.05, 3.63) is 11.8 Å². The Morgan fingerprint density at radius 2 is 2.29 bits per heavy atom. The molecule has 0 spiro atoms. The van der Waals surface area contributed by atoms with Crippen molar-refractivity contribution in [1.82, 2.24) is 9.78 Å². The number of hydrogen-bond acceptors (Lipinski definition) is 3. The quantitative estimate of drug-likeness (QED) is 0.688. The van der Waals surface area contributed by atoms with Crippen LogP contribution in [0.2, 0.25) is 0 Å². The fourth-order valence-corrected chi connectivity index (χ4v) is 1.29. The second-order valence-corrected chi connectivity index (χ2v) is 3.75. The number of aryl methyl sites for hydroxylation is 1. The van der Waals surface area contributed by atoms with Gasteiger partial charge in [-0.3, -0.25) is 9.48 Å². The number of rotatable bonds is 4. The molecule has 0 saturated heterocycles. The first kappa shape index (κ1) is 10.8. The van der Waals surface area contributed by atoms with Gasteiger partial charge in [-0.2, -0.15) is 0 Å². The maximum Gasteiger partial charge on any atom is 0.243 e. The molecule has 1 heterocycles. The Kier molecular flexibility index (Phi) is 3.28. The summed E-state index contributed by atoms with van der Waals surface area (Å²) in [6, 6.07) is 0. The number of ketones is 1. The van der Waals surface area contributed by atoms with E-state index < -0.39 is 0 Å². The monoisotopic (exact) mass is 196 g/mol. The van der Waals surface area contributed by atoms with E-state index in [1.807, 2.05) is 13.8 Å². The predicted molar refractivity (Wildman–Crippen MR) is 53.5 cm³/mol. The molecule has 4 nitrogen and oxygen atoms in total. The van der Waals surface area contributed by atoms with Gasteiger partial charge in [-0.1, -0.05) is 13.8 Å². The second-order valence-electron chi connectivity index (χ2n) is 3.75. The van der Waals surface area contributed by atoms with Gasteiger partial charge in [-0.05, 0) is 5.92 Å². The largest absolute Gasteiger partial charge is 0.479 e. The topological polar surface area (TPSA) is 44.1 Å². The van der Waals surface area contributed by atoms with Gasteiger partial charge in [0.15, 0.2) is 5.78 Å². The molecule has 1 aromatic heterocycles. The highest BCUT2D eigenvalue weighted by molar-refractivity contribution is 5.98. The van der Waals surface area contributed by atoms with E-state index in [4.69, 9.17) is 4.74 Å². The zero-order chi connectivity index (χ0) is 10.7.